The van der Waals surface area contributed by atoms with Gasteiger partial charge in [0.25, 0.3) is 0 Å². The van der Waals surface area contributed by atoms with E-state index < -0.39 is 0 Å². The summed E-state index contributed by atoms with van der Waals surface area (Å²) in [7, 11) is 0. The van der Waals surface area contributed by atoms with Crippen LogP contribution in [-0.4, -0.2) is 10.1 Å². The summed E-state index contributed by atoms with van der Waals surface area (Å²) in [5.74, 6) is 1.37. The smallest absolute Gasteiger partial charge is 0.231 e. The van der Waals surface area contributed by atoms with Crippen molar-refractivity contribution in [3.8, 4) is 0 Å². The first kappa shape index (κ1) is 13.0. The lowest BCUT2D eigenvalue weighted by Crippen LogP contribution is -2.02. The third-order valence-electron chi connectivity index (χ3n) is 3.10. The van der Waals surface area contributed by atoms with Crippen LogP contribution in [0.25, 0.3) is 0 Å². The number of hydrogen-bond donors (Lipinski definition) is 1. The molecule has 0 bridgehead atoms. The van der Waals surface area contributed by atoms with Gasteiger partial charge in [0.05, 0.1) is 6.42 Å². The molecule has 2 N–H and O–H groups in total. The van der Waals surface area contributed by atoms with Crippen molar-refractivity contribution in [3.05, 3.63) is 69.5 Å². The first-order valence-electron chi connectivity index (χ1n) is 6.46. The Bertz CT molecular complexity index is 676. The number of nitrogens with two attached hydrogens (primary N) is 1. The molecule has 0 radical (unpaired) electrons. The molecule has 1 aromatic carbocycles. The Labute approximate surface area is 121 Å². The highest BCUT2D eigenvalue weighted by molar-refractivity contribution is 7.09. The molecule has 5 heteroatoms. The van der Waals surface area contributed by atoms with E-state index in [-0.39, 0.29) is 0 Å². The zero-order valence-corrected chi connectivity index (χ0v) is 11.8. The summed E-state index contributed by atoms with van der Waals surface area (Å²) in [4.78, 5) is 5.68. The normalized spacial score (nSPS) is 10.8. The molecular formula is C15H15N3OS. The summed E-state index contributed by atoms with van der Waals surface area (Å²) in [5, 5.41) is 6.08. The van der Waals surface area contributed by atoms with Gasteiger partial charge in [0, 0.05) is 17.8 Å². The van der Waals surface area contributed by atoms with Gasteiger partial charge < -0.3 is 10.3 Å². The molecule has 0 saturated heterocycles. The SMILES string of the molecule is NCc1ccccc1Cc1nc(Cc2cccs2)no1. The number of thiophene rings is 1. The van der Waals surface area contributed by atoms with Crippen LogP contribution in [0.2, 0.25) is 0 Å². The average Bonchev–Trinajstić information content (AvgIpc) is 3.12. The molecule has 0 aliphatic heterocycles. The van der Waals surface area contributed by atoms with Crippen molar-refractivity contribution in [2.75, 3.05) is 0 Å². The maximum Gasteiger partial charge on any atom is 0.231 e. The Morgan fingerprint density at radius 3 is 2.65 bits per heavy atom. The summed E-state index contributed by atoms with van der Waals surface area (Å²) in [6.45, 7) is 0.520. The Hall–Kier alpha value is -1.98. The second kappa shape index (κ2) is 5.98. The van der Waals surface area contributed by atoms with E-state index >= 15 is 0 Å². The maximum atomic E-state index is 5.73. The van der Waals surface area contributed by atoms with Crippen molar-refractivity contribution in [1.29, 1.82) is 0 Å². The van der Waals surface area contributed by atoms with Gasteiger partial charge in [-0.15, -0.1) is 11.3 Å². The van der Waals surface area contributed by atoms with Crippen LogP contribution in [0.5, 0.6) is 0 Å². The number of rotatable bonds is 5. The predicted molar refractivity (Wildman–Crippen MR) is 78.6 cm³/mol. The monoisotopic (exact) mass is 285 g/mol. The van der Waals surface area contributed by atoms with Crippen LogP contribution >= 0.6 is 11.3 Å². The Morgan fingerprint density at radius 2 is 1.90 bits per heavy atom. The van der Waals surface area contributed by atoms with E-state index in [0.717, 1.165) is 23.4 Å². The molecule has 3 aromatic rings. The van der Waals surface area contributed by atoms with E-state index in [1.54, 1.807) is 11.3 Å². The van der Waals surface area contributed by atoms with Crippen molar-refractivity contribution in [2.45, 2.75) is 19.4 Å². The summed E-state index contributed by atoms with van der Waals surface area (Å²) in [6.07, 6.45) is 1.35. The van der Waals surface area contributed by atoms with Crippen molar-refractivity contribution < 1.29 is 4.52 Å². The predicted octanol–water partition coefficient (Wildman–Crippen LogP) is 2.77. The fourth-order valence-corrected chi connectivity index (χ4v) is 2.80. The number of aromatic nitrogens is 2. The Kier molecular flexibility index (Phi) is 3.90. The first-order chi connectivity index (χ1) is 9.85. The van der Waals surface area contributed by atoms with Gasteiger partial charge in [-0.05, 0) is 22.6 Å². The first-order valence-corrected chi connectivity index (χ1v) is 7.34. The fourth-order valence-electron chi connectivity index (χ4n) is 2.09. The molecule has 0 atom stereocenters. The van der Waals surface area contributed by atoms with Crippen molar-refractivity contribution in [3.63, 3.8) is 0 Å². The quantitative estimate of drug-likeness (QED) is 0.783. The van der Waals surface area contributed by atoms with E-state index in [4.69, 9.17) is 10.3 Å². The van der Waals surface area contributed by atoms with E-state index in [9.17, 15) is 0 Å². The maximum absolute atomic E-state index is 5.73. The molecule has 0 aliphatic carbocycles. The standard InChI is InChI=1S/C15H15N3OS/c16-10-12-5-2-1-4-11(12)8-15-17-14(18-19-15)9-13-6-3-7-20-13/h1-7H,8-10,16H2. The van der Waals surface area contributed by atoms with Crippen LogP contribution in [0.3, 0.4) is 0 Å². The van der Waals surface area contributed by atoms with Gasteiger partial charge in [-0.2, -0.15) is 4.98 Å². The number of benzene rings is 1. The third-order valence-corrected chi connectivity index (χ3v) is 3.98. The molecule has 0 amide bonds. The van der Waals surface area contributed by atoms with Crippen molar-refractivity contribution in [2.24, 2.45) is 5.73 Å². The van der Waals surface area contributed by atoms with Crippen LogP contribution in [-0.2, 0) is 19.4 Å². The van der Waals surface area contributed by atoms with Crippen LogP contribution in [0.15, 0.2) is 46.3 Å². The molecule has 3 rings (SSSR count). The van der Waals surface area contributed by atoms with Gasteiger partial charge in [-0.25, -0.2) is 0 Å². The summed E-state index contributed by atoms with van der Waals surface area (Å²) in [5.41, 5.74) is 7.99. The van der Waals surface area contributed by atoms with E-state index in [1.807, 2.05) is 35.7 Å². The minimum atomic E-state index is 0.520. The topological polar surface area (TPSA) is 64.9 Å². The van der Waals surface area contributed by atoms with Crippen LogP contribution in [0, 0.1) is 0 Å². The highest BCUT2D eigenvalue weighted by atomic mass is 32.1. The molecule has 4 nitrogen and oxygen atoms in total. The van der Waals surface area contributed by atoms with Gasteiger partial charge in [0.15, 0.2) is 5.82 Å². The molecular weight excluding hydrogens is 270 g/mol. The lowest BCUT2D eigenvalue weighted by atomic mass is 10.0. The highest BCUT2D eigenvalue weighted by Crippen LogP contribution is 2.15. The molecule has 2 aromatic heterocycles. The number of nitrogens with zero attached hydrogens (tertiary/aromatic N) is 2. The summed E-state index contributed by atoms with van der Waals surface area (Å²) in [6, 6.07) is 12.2. The fraction of sp³-hybridized carbons (Fsp3) is 0.200. The van der Waals surface area contributed by atoms with Crippen molar-refractivity contribution >= 4 is 11.3 Å². The van der Waals surface area contributed by atoms with E-state index in [1.165, 1.54) is 4.88 Å². The molecule has 0 aliphatic rings. The summed E-state index contributed by atoms with van der Waals surface area (Å²) < 4.78 is 5.32. The average molecular weight is 285 g/mol. The Morgan fingerprint density at radius 1 is 1.05 bits per heavy atom. The lowest BCUT2D eigenvalue weighted by molar-refractivity contribution is 0.380. The molecule has 2 heterocycles. The van der Waals surface area contributed by atoms with Crippen molar-refractivity contribution in [1.82, 2.24) is 10.1 Å². The summed E-state index contributed by atoms with van der Waals surface area (Å²) >= 11 is 1.70. The molecule has 0 spiro atoms. The second-order valence-electron chi connectivity index (χ2n) is 4.51. The van der Waals surface area contributed by atoms with Crippen LogP contribution in [0.4, 0.5) is 0 Å². The highest BCUT2D eigenvalue weighted by Gasteiger charge is 2.10. The number of hydrogen-bond acceptors (Lipinski definition) is 5. The lowest BCUT2D eigenvalue weighted by Gasteiger charge is -2.03. The van der Waals surface area contributed by atoms with Crippen LogP contribution < -0.4 is 5.73 Å². The van der Waals surface area contributed by atoms with E-state index in [2.05, 4.69) is 16.2 Å². The minimum Gasteiger partial charge on any atom is -0.339 e. The van der Waals surface area contributed by atoms with Crippen LogP contribution in [0.1, 0.15) is 27.7 Å². The molecule has 0 unspecified atom stereocenters. The van der Waals surface area contributed by atoms with Gasteiger partial charge in [0.1, 0.15) is 0 Å². The van der Waals surface area contributed by atoms with Gasteiger partial charge in [-0.3, -0.25) is 0 Å². The minimum absolute atomic E-state index is 0.520. The zero-order valence-electron chi connectivity index (χ0n) is 11.0. The largest absolute Gasteiger partial charge is 0.339 e. The van der Waals surface area contributed by atoms with Gasteiger partial charge in [0.2, 0.25) is 5.89 Å². The molecule has 0 fully saturated rings. The van der Waals surface area contributed by atoms with Gasteiger partial charge >= 0.3 is 0 Å². The van der Waals surface area contributed by atoms with Gasteiger partial charge in [-0.1, -0.05) is 35.5 Å². The zero-order chi connectivity index (χ0) is 13.8. The third kappa shape index (κ3) is 2.95. The molecule has 0 saturated carbocycles. The molecule has 102 valence electrons. The van der Waals surface area contributed by atoms with E-state index in [0.29, 0.717) is 18.9 Å². The molecule has 20 heavy (non-hydrogen) atoms. The Balaban J connectivity index is 1.74. The second-order valence-corrected chi connectivity index (χ2v) is 5.54.